The molecule has 3 N–H and O–H groups in total. The van der Waals surface area contributed by atoms with Crippen LogP contribution < -0.4 is 24.8 Å². The quantitative estimate of drug-likeness (QED) is 0.387. The minimum absolute atomic E-state index is 0.00313. The second-order valence-electron chi connectivity index (χ2n) is 8.24. The zero-order valence-corrected chi connectivity index (χ0v) is 21.3. The summed E-state index contributed by atoms with van der Waals surface area (Å²) in [6.45, 7) is -0.351. The first-order valence-electron chi connectivity index (χ1n) is 12.2. The van der Waals surface area contributed by atoms with E-state index in [2.05, 4.69) is 25.6 Å². The number of hydrogen-bond acceptors (Lipinski definition) is 10. The first-order valence-corrected chi connectivity index (χ1v) is 12.2. The molecule has 0 saturated heterocycles. The van der Waals surface area contributed by atoms with Crippen LogP contribution in [0.3, 0.4) is 0 Å². The molecule has 1 aromatic heterocycles. The Kier molecular flexibility index (Phi) is 11.1. The molecule has 10 nitrogen and oxygen atoms in total. The first kappa shape index (κ1) is 29.4. The van der Waals surface area contributed by atoms with Crippen LogP contribution in [-0.4, -0.2) is 59.5 Å². The maximum Gasteiger partial charge on any atom is 0.422 e. The van der Waals surface area contributed by atoms with Crippen molar-refractivity contribution in [2.45, 2.75) is 38.4 Å². The van der Waals surface area contributed by atoms with Crippen molar-refractivity contribution < 1.29 is 37.3 Å². The van der Waals surface area contributed by atoms with E-state index in [1.54, 1.807) is 18.2 Å². The van der Waals surface area contributed by atoms with Crippen LogP contribution in [0.1, 0.15) is 41.6 Å². The Morgan fingerprint density at radius 1 is 0.949 bits per heavy atom. The van der Waals surface area contributed by atoms with E-state index in [-0.39, 0.29) is 18.4 Å². The number of ether oxygens (including phenoxy) is 3. The van der Waals surface area contributed by atoms with Gasteiger partial charge >= 0.3 is 12.2 Å². The Morgan fingerprint density at radius 2 is 1.64 bits per heavy atom. The SMILES string of the molecule is CO.O=Cc1ccc2cc1OCCCCCCOc1ccccc1CNc1nc(nc(OCC(F)(F)F)n1)N2. The highest BCUT2D eigenvalue weighted by molar-refractivity contribution is 5.81. The second kappa shape index (κ2) is 14.7. The van der Waals surface area contributed by atoms with Gasteiger partial charge in [0.15, 0.2) is 12.9 Å². The van der Waals surface area contributed by atoms with Crippen LogP contribution in [0, 0.1) is 0 Å². The van der Waals surface area contributed by atoms with Gasteiger partial charge in [-0.25, -0.2) is 0 Å². The molecule has 0 atom stereocenters. The fraction of sp³-hybridized carbons (Fsp3) is 0.385. The number of nitrogens with zero attached hydrogens (tertiary/aromatic N) is 3. The predicted molar refractivity (Wildman–Crippen MR) is 138 cm³/mol. The van der Waals surface area contributed by atoms with Gasteiger partial charge in [0.2, 0.25) is 11.9 Å². The molecular weight excluding hydrogens is 519 g/mol. The molecule has 3 aromatic rings. The number of aromatic nitrogens is 3. The lowest BCUT2D eigenvalue weighted by Gasteiger charge is -2.14. The van der Waals surface area contributed by atoms with E-state index in [1.807, 2.05) is 24.3 Å². The third-order valence-corrected chi connectivity index (χ3v) is 5.34. The number of rotatable bonds is 3. The van der Waals surface area contributed by atoms with Crippen molar-refractivity contribution in [3.8, 4) is 17.5 Å². The van der Waals surface area contributed by atoms with Crippen molar-refractivity contribution in [1.82, 2.24) is 15.0 Å². The van der Waals surface area contributed by atoms with Crippen LogP contribution in [0.25, 0.3) is 0 Å². The summed E-state index contributed by atoms with van der Waals surface area (Å²) >= 11 is 0. The minimum atomic E-state index is -4.56. The van der Waals surface area contributed by atoms with Crippen LogP contribution in [0.4, 0.5) is 30.8 Å². The molecule has 0 saturated carbocycles. The molecule has 1 aliphatic heterocycles. The van der Waals surface area contributed by atoms with Crippen molar-refractivity contribution in [3.63, 3.8) is 0 Å². The summed E-state index contributed by atoms with van der Waals surface area (Å²) in [7, 11) is 1.00. The van der Waals surface area contributed by atoms with E-state index in [1.165, 1.54) is 0 Å². The van der Waals surface area contributed by atoms with Gasteiger partial charge in [-0.3, -0.25) is 4.79 Å². The molecule has 2 aromatic carbocycles. The van der Waals surface area contributed by atoms with Crippen LogP contribution in [0.2, 0.25) is 0 Å². The van der Waals surface area contributed by atoms with Gasteiger partial charge in [-0.1, -0.05) is 18.2 Å². The molecule has 13 heteroatoms. The number of fused-ring (bicyclic) bond motifs is 5. The number of para-hydroxylation sites is 1. The predicted octanol–water partition coefficient (Wildman–Crippen LogP) is 4.92. The Bertz CT molecular complexity index is 1210. The topological polar surface area (TPSA) is 128 Å². The summed E-state index contributed by atoms with van der Waals surface area (Å²) < 4.78 is 54.8. The Morgan fingerprint density at radius 3 is 2.36 bits per heavy atom. The number of hydrogen-bond donors (Lipinski definition) is 3. The molecule has 1 aliphatic rings. The summed E-state index contributed by atoms with van der Waals surface area (Å²) in [5.74, 6) is 1.01. The average molecular weight is 550 g/mol. The number of aldehydes is 1. The number of anilines is 3. The molecule has 39 heavy (non-hydrogen) atoms. The maximum atomic E-state index is 12.7. The van der Waals surface area contributed by atoms with Gasteiger partial charge in [0.1, 0.15) is 11.5 Å². The summed E-state index contributed by atoms with van der Waals surface area (Å²) in [6.07, 6.45) is -0.321. The number of alkyl halides is 3. The number of halogens is 3. The fourth-order valence-corrected chi connectivity index (χ4v) is 3.55. The molecular formula is C26H30F3N5O5. The van der Waals surface area contributed by atoms with Crippen LogP contribution in [0.5, 0.6) is 17.5 Å². The minimum Gasteiger partial charge on any atom is -0.493 e. The van der Waals surface area contributed by atoms with Crippen LogP contribution in [-0.2, 0) is 6.54 Å². The van der Waals surface area contributed by atoms with Gasteiger partial charge in [-0.15, -0.1) is 0 Å². The first-order chi connectivity index (χ1) is 18.9. The van der Waals surface area contributed by atoms with E-state index in [0.717, 1.165) is 38.4 Å². The highest BCUT2D eigenvalue weighted by Gasteiger charge is 2.29. The molecule has 0 unspecified atom stereocenters. The molecule has 0 fully saturated rings. The van der Waals surface area contributed by atoms with Crippen molar-refractivity contribution in [3.05, 3.63) is 53.6 Å². The molecule has 4 bridgehead atoms. The lowest BCUT2D eigenvalue weighted by atomic mass is 10.2. The highest BCUT2D eigenvalue weighted by atomic mass is 19.4. The Hall–Kier alpha value is -4.13. The third kappa shape index (κ3) is 9.60. The van der Waals surface area contributed by atoms with Gasteiger partial charge in [0.25, 0.3) is 0 Å². The highest BCUT2D eigenvalue weighted by Crippen LogP contribution is 2.26. The molecule has 0 aliphatic carbocycles. The number of benzene rings is 2. The van der Waals surface area contributed by atoms with E-state index < -0.39 is 18.8 Å². The van der Waals surface area contributed by atoms with Crippen LogP contribution >= 0.6 is 0 Å². The Labute approximate surface area is 223 Å². The largest absolute Gasteiger partial charge is 0.493 e. The molecule has 0 spiro atoms. The van der Waals surface area contributed by atoms with Gasteiger partial charge in [-0.2, -0.15) is 28.1 Å². The van der Waals surface area contributed by atoms with Gasteiger partial charge < -0.3 is 30.0 Å². The molecule has 0 radical (unpaired) electrons. The van der Waals surface area contributed by atoms with Crippen LogP contribution in [0.15, 0.2) is 42.5 Å². The standard InChI is InChI=1S/C25H26F3N5O4.CH4O/c26-25(27,28)16-37-24-32-22-29-14-17-7-3-4-8-20(17)35-11-5-1-2-6-12-36-21-13-19(10-9-18(21)15-34)30-23(31-22)33-24;1-2/h3-4,7-10,13,15H,1-2,5-6,11-12,14,16H2,(H2,29,30,31,32,33);2H,1H3. The normalized spacial score (nSPS) is 14.1. The fourth-order valence-electron chi connectivity index (χ4n) is 3.55. The van der Waals surface area contributed by atoms with Gasteiger partial charge in [-0.05, 0) is 43.9 Å². The number of aliphatic hydroxyl groups excluding tert-OH is 1. The summed E-state index contributed by atoms with van der Waals surface area (Å²) in [6, 6.07) is 11.7. The average Bonchev–Trinajstić information content (AvgIpc) is 2.93. The number of carbonyl (C=O) groups is 1. The summed E-state index contributed by atoms with van der Waals surface area (Å²) in [5.41, 5.74) is 1.67. The third-order valence-electron chi connectivity index (χ3n) is 5.34. The summed E-state index contributed by atoms with van der Waals surface area (Å²) in [4.78, 5) is 23.7. The van der Waals surface area contributed by atoms with E-state index >= 15 is 0 Å². The number of carbonyl (C=O) groups excluding carboxylic acids is 1. The smallest absolute Gasteiger partial charge is 0.422 e. The molecule has 210 valence electrons. The van der Waals surface area contributed by atoms with E-state index in [9.17, 15) is 18.0 Å². The number of aliphatic hydroxyl groups is 1. The molecule has 0 amide bonds. The lowest BCUT2D eigenvalue weighted by Crippen LogP contribution is -2.21. The van der Waals surface area contributed by atoms with E-state index in [0.29, 0.717) is 42.2 Å². The molecule has 2 heterocycles. The summed E-state index contributed by atoms with van der Waals surface area (Å²) in [5, 5.41) is 12.9. The van der Waals surface area contributed by atoms with Crippen molar-refractivity contribution >= 4 is 23.9 Å². The zero-order valence-electron chi connectivity index (χ0n) is 21.3. The zero-order chi connectivity index (χ0) is 28.1. The van der Waals surface area contributed by atoms with Crippen molar-refractivity contribution in [1.29, 1.82) is 0 Å². The van der Waals surface area contributed by atoms with Gasteiger partial charge in [0.05, 0.1) is 18.8 Å². The van der Waals surface area contributed by atoms with Crippen molar-refractivity contribution in [2.75, 3.05) is 37.6 Å². The van der Waals surface area contributed by atoms with Gasteiger partial charge in [0, 0.05) is 31.0 Å². The monoisotopic (exact) mass is 549 g/mol. The lowest BCUT2D eigenvalue weighted by molar-refractivity contribution is -0.154. The van der Waals surface area contributed by atoms with Crippen molar-refractivity contribution in [2.24, 2.45) is 0 Å². The molecule has 4 rings (SSSR count). The van der Waals surface area contributed by atoms with E-state index in [4.69, 9.17) is 19.3 Å². The Balaban J connectivity index is 0.00000205. The maximum absolute atomic E-state index is 12.7. The second-order valence-corrected chi connectivity index (χ2v) is 8.24. The number of nitrogens with one attached hydrogen (secondary N) is 2.